The number of benzene rings is 2. The van der Waals surface area contributed by atoms with Gasteiger partial charge in [0.15, 0.2) is 0 Å². The highest BCUT2D eigenvalue weighted by molar-refractivity contribution is 5.91. The predicted octanol–water partition coefficient (Wildman–Crippen LogP) is 3.23. The van der Waals surface area contributed by atoms with Gasteiger partial charge in [-0.05, 0) is 35.9 Å². The highest BCUT2D eigenvalue weighted by Crippen LogP contribution is 2.45. The monoisotopic (exact) mass is 461 g/mol. The molecule has 10 heteroatoms. The molecule has 0 aliphatic carbocycles. The SMILES string of the molecule is C=CCn1cc(C(O)(c2ccc([NH2+]c3ccc(F)cc3)c(C=N)c2)C(F)(F)F)cc1C(N)=O. The summed E-state index contributed by atoms with van der Waals surface area (Å²) in [6, 6.07) is 9.78. The van der Waals surface area contributed by atoms with E-state index in [9.17, 15) is 27.5 Å². The van der Waals surface area contributed by atoms with Gasteiger partial charge in [-0.1, -0.05) is 6.08 Å². The predicted molar refractivity (Wildman–Crippen MR) is 114 cm³/mol. The Labute approximate surface area is 186 Å². The van der Waals surface area contributed by atoms with Crippen LogP contribution in [0.25, 0.3) is 0 Å². The molecule has 0 saturated heterocycles. The van der Waals surface area contributed by atoms with Crippen LogP contribution >= 0.6 is 0 Å². The van der Waals surface area contributed by atoms with Crippen LogP contribution in [0.3, 0.4) is 0 Å². The largest absolute Gasteiger partial charge is 0.425 e. The summed E-state index contributed by atoms with van der Waals surface area (Å²) in [5.41, 5.74) is 1.51. The second-order valence-corrected chi connectivity index (χ2v) is 7.31. The minimum absolute atomic E-state index is 0.00350. The van der Waals surface area contributed by atoms with Gasteiger partial charge in [0.25, 0.3) is 5.91 Å². The van der Waals surface area contributed by atoms with Gasteiger partial charge in [-0.15, -0.1) is 6.58 Å². The first kappa shape index (κ1) is 23.9. The summed E-state index contributed by atoms with van der Waals surface area (Å²) in [6.45, 7) is 3.50. The molecule has 3 rings (SSSR count). The number of halogens is 4. The number of primary amides is 1. The smallest absolute Gasteiger partial charge is 0.372 e. The molecule has 3 aromatic rings. The molecule has 1 heterocycles. The van der Waals surface area contributed by atoms with Crippen molar-refractivity contribution < 1.29 is 32.8 Å². The zero-order chi connectivity index (χ0) is 24.4. The standard InChI is InChI=1S/C23H20F4N4O2/c1-2-9-31-13-16(11-20(31)21(29)32)22(33,23(25,26)27)15-3-8-19(14(10-15)12-28)30-18-6-4-17(24)5-7-18/h2-8,10-13,28,30,33H,1,9H2,(H2,29,32)/p+1. The van der Waals surface area contributed by atoms with Crippen LogP contribution in [0.5, 0.6) is 0 Å². The lowest BCUT2D eigenvalue weighted by molar-refractivity contribution is -0.478. The Balaban J connectivity index is 2.12. The fraction of sp³-hybridized carbons (Fsp3) is 0.130. The van der Waals surface area contributed by atoms with Gasteiger partial charge >= 0.3 is 6.18 Å². The highest BCUT2D eigenvalue weighted by Gasteiger charge is 2.57. The van der Waals surface area contributed by atoms with E-state index >= 15 is 0 Å². The lowest BCUT2D eigenvalue weighted by Crippen LogP contribution is -2.71. The number of amides is 1. The summed E-state index contributed by atoms with van der Waals surface area (Å²) >= 11 is 0. The minimum atomic E-state index is -5.16. The number of carbonyl (C=O) groups is 1. The van der Waals surface area contributed by atoms with Crippen LogP contribution in [-0.2, 0) is 12.1 Å². The molecule has 0 bridgehead atoms. The number of rotatable bonds is 8. The van der Waals surface area contributed by atoms with Gasteiger partial charge < -0.3 is 20.8 Å². The van der Waals surface area contributed by atoms with Crippen molar-refractivity contribution in [1.29, 1.82) is 5.41 Å². The van der Waals surface area contributed by atoms with Crippen LogP contribution in [-0.4, -0.2) is 28.0 Å². The summed E-state index contributed by atoms with van der Waals surface area (Å²) in [5, 5.41) is 20.2. The number of aromatic nitrogens is 1. The number of hydrogen-bond donors (Lipinski definition) is 4. The van der Waals surface area contributed by atoms with Crippen molar-refractivity contribution in [2.75, 3.05) is 0 Å². The van der Waals surface area contributed by atoms with Gasteiger partial charge in [0.1, 0.15) is 22.9 Å². The van der Waals surface area contributed by atoms with Crippen LogP contribution in [0.1, 0.15) is 27.2 Å². The molecule has 0 spiro atoms. The molecule has 0 fully saturated rings. The van der Waals surface area contributed by atoms with Gasteiger partial charge in [-0.25, -0.2) is 4.39 Å². The van der Waals surface area contributed by atoms with E-state index in [1.807, 2.05) is 0 Å². The average Bonchev–Trinajstić information content (AvgIpc) is 3.19. The van der Waals surface area contributed by atoms with Crippen molar-refractivity contribution in [3.63, 3.8) is 0 Å². The van der Waals surface area contributed by atoms with Crippen molar-refractivity contribution >= 4 is 23.5 Å². The number of quaternary nitrogens is 1. The molecule has 0 saturated carbocycles. The maximum atomic E-state index is 14.2. The second-order valence-electron chi connectivity index (χ2n) is 7.31. The molecule has 33 heavy (non-hydrogen) atoms. The summed E-state index contributed by atoms with van der Waals surface area (Å²) < 4.78 is 57.0. The molecule has 0 aliphatic heterocycles. The van der Waals surface area contributed by atoms with Gasteiger partial charge in [0, 0.05) is 42.7 Å². The van der Waals surface area contributed by atoms with E-state index in [1.54, 1.807) is 5.32 Å². The van der Waals surface area contributed by atoms with Crippen molar-refractivity contribution in [2.45, 2.75) is 18.3 Å². The fourth-order valence-corrected chi connectivity index (χ4v) is 3.49. The van der Waals surface area contributed by atoms with E-state index in [-0.39, 0.29) is 17.8 Å². The summed E-state index contributed by atoms with van der Waals surface area (Å²) in [7, 11) is 0. The lowest BCUT2D eigenvalue weighted by atomic mass is 9.86. The van der Waals surface area contributed by atoms with Gasteiger partial charge in [0.2, 0.25) is 5.60 Å². The molecule has 1 amide bonds. The van der Waals surface area contributed by atoms with Crippen molar-refractivity contribution in [3.8, 4) is 0 Å². The Hall–Kier alpha value is -3.76. The van der Waals surface area contributed by atoms with E-state index < -0.39 is 34.6 Å². The molecule has 1 unspecified atom stereocenters. The van der Waals surface area contributed by atoms with Gasteiger partial charge in [0.05, 0.1) is 5.56 Å². The van der Waals surface area contributed by atoms with Crippen LogP contribution in [0.2, 0.25) is 0 Å². The highest BCUT2D eigenvalue weighted by atomic mass is 19.4. The van der Waals surface area contributed by atoms with Crippen LogP contribution in [0.4, 0.5) is 28.9 Å². The number of nitrogens with zero attached hydrogens (tertiary/aromatic N) is 1. The quantitative estimate of drug-likeness (QED) is 0.179. The number of alkyl halides is 3. The molecule has 2 aromatic carbocycles. The van der Waals surface area contributed by atoms with Gasteiger partial charge in [-0.3, -0.25) is 10.1 Å². The zero-order valence-electron chi connectivity index (χ0n) is 17.2. The first-order valence-corrected chi connectivity index (χ1v) is 9.67. The molecule has 172 valence electrons. The van der Waals surface area contributed by atoms with Crippen LogP contribution in [0.15, 0.2) is 67.4 Å². The van der Waals surface area contributed by atoms with Crippen molar-refractivity contribution in [3.05, 3.63) is 95.6 Å². The van der Waals surface area contributed by atoms with E-state index in [0.717, 1.165) is 35.2 Å². The van der Waals surface area contributed by atoms with Crippen LogP contribution < -0.4 is 11.1 Å². The molecular weight excluding hydrogens is 440 g/mol. The van der Waals surface area contributed by atoms with Crippen molar-refractivity contribution in [2.24, 2.45) is 5.73 Å². The Kier molecular flexibility index (Phi) is 6.52. The third-order valence-corrected chi connectivity index (χ3v) is 5.16. The summed E-state index contributed by atoms with van der Waals surface area (Å²) in [4.78, 5) is 11.7. The number of nitrogens with two attached hydrogens (primary N) is 2. The number of hydrogen-bond acceptors (Lipinski definition) is 3. The Morgan fingerprint density at radius 2 is 1.82 bits per heavy atom. The fourth-order valence-electron chi connectivity index (χ4n) is 3.49. The molecule has 0 radical (unpaired) electrons. The van der Waals surface area contributed by atoms with Crippen molar-refractivity contribution in [1.82, 2.24) is 4.57 Å². The number of carbonyl (C=O) groups excluding carboxylic acids is 1. The molecular formula is C23H21F4N4O2+. The maximum Gasteiger partial charge on any atom is 0.425 e. The Bertz CT molecular complexity index is 1200. The molecule has 6 N–H and O–H groups in total. The summed E-state index contributed by atoms with van der Waals surface area (Å²) in [5.74, 6) is -1.40. The van der Waals surface area contributed by atoms with E-state index in [2.05, 4.69) is 6.58 Å². The van der Waals surface area contributed by atoms with Gasteiger partial charge in [-0.2, -0.15) is 13.2 Å². The summed E-state index contributed by atoms with van der Waals surface area (Å²) in [6.07, 6.45) is -1.94. The molecule has 0 aliphatic rings. The first-order chi connectivity index (χ1) is 15.5. The number of aliphatic hydroxyl groups is 1. The first-order valence-electron chi connectivity index (χ1n) is 9.67. The number of nitrogens with one attached hydrogen (secondary N) is 1. The second kappa shape index (κ2) is 9.00. The van der Waals surface area contributed by atoms with E-state index in [4.69, 9.17) is 11.1 Å². The third kappa shape index (κ3) is 4.57. The average molecular weight is 461 g/mol. The molecule has 6 nitrogen and oxygen atoms in total. The maximum absolute atomic E-state index is 14.2. The Morgan fingerprint density at radius 1 is 1.15 bits per heavy atom. The minimum Gasteiger partial charge on any atom is -0.372 e. The molecule has 1 aromatic heterocycles. The Morgan fingerprint density at radius 3 is 2.36 bits per heavy atom. The molecule has 1 atom stereocenters. The zero-order valence-corrected chi connectivity index (χ0v) is 17.2. The normalized spacial score (nSPS) is 13.4. The number of allylic oxidation sites excluding steroid dienone is 1. The topological polar surface area (TPSA) is 109 Å². The van der Waals surface area contributed by atoms with E-state index in [0.29, 0.717) is 11.4 Å². The lowest BCUT2D eigenvalue weighted by Gasteiger charge is -2.30. The van der Waals surface area contributed by atoms with Crippen LogP contribution in [0, 0.1) is 11.2 Å². The third-order valence-electron chi connectivity index (χ3n) is 5.16. The van der Waals surface area contributed by atoms with E-state index in [1.165, 1.54) is 36.4 Å².